The van der Waals surface area contributed by atoms with Crippen LogP contribution < -0.4 is 5.32 Å². The van der Waals surface area contributed by atoms with Gasteiger partial charge in [-0.25, -0.2) is 0 Å². The van der Waals surface area contributed by atoms with Gasteiger partial charge in [-0.2, -0.15) is 4.99 Å². The van der Waals surface area contributed by atoms with Crippen LogP contribution in [0.15, 0.2) is 4.99 Å². The summed E-state index contributed by atoms with van der Waals surface area (Å²) in [5.74, 6) is 2.85. The molecule has 5 aliphatic carbocycles. The first-order chi connectivity index (χ1) is 11.6. The lowest BCUT2D eigenvalue weighted by atomic mass is 9.53. The van der Waals surface area contributed by atoms with Crippen molar-refractivity contribution >= 4 is 22.8 Å². The van der Waals surface area contributed by atoms with E-state index in [1.165, 1.54) is 38.5 Å². The number of rotatable bonds is 2. The Kier molecular flexibility index (Phi) is 3.58. The molecule has 4 nitrogen and oxygen atoms in total. The standard InChI is InChI=1S/C19H28N2O2S/c1-23-15-2-4-19(5-3-15)16(22)20-17(24-19)21-18-9-12-6-13(10-18)8-14(7-12)11-18/h12-15H,2-11H2,1H3,(H,20,21,22). The summed E-state index contributed by atoms with van der Waals surface area (Å²) >= 11 is 1.74. The van der Waals surface area contributed by atoms with Crippen molar-refractivity contribution < 1.29 is 9.53 Å². The van der Waals surface area contributed by atoms with Gasteiger partial charge in [0.15, 0.2) is 5.17 Å². The lowest BCUT2D eigenvalue weighted by molar-refractivity contribution is -0.121. The molecule has 6 aliphatic rings. The Balaban J connectivity index is 1.29. The Morgan fingerprint density at radius 1 is 1.08 bits per heavy atom. The van der Waals surface area contributed by atoms with Gasteiger partial charge in [0.25, 0.3) is 5.91 Å². The fraction of sp³-hybridized carbons (Fsp3) is 0.895. The molecule has 5 saturated carbocycles. The zero-order valence-corrected chi connectivity index (χ0v) is 15.4. The molecular weight excluding hydrogens is 320 g/mol. The van der Waals surface area contributed by atoms with E-state index in [9.17, 15) is 4.79 Å². The number of hydrogen-bond acceptors (Lipinski definition) is 4. The largest absolute Gasteiger partial charge is 0.381 e. The number of carbonyl (C=O) groups excluding carboxylic acids is 1. The average Bonchev–Trinajstić information content (AvgIpc) is 2.81. The zero-order chi connectivity index (χ0) is 16.4. The van der Waals surface area contributed by atoms with Gasteiger partial charge in [0.2, 0.25) is 0 Å². The number of hydrogen-bond donors (Lipinski definition) is 1. The van der Waals surface area contributed by atoms with E-state index < -0.39 is 0 Å². The highest BCUT2D eigenvalue weighted by molar-refractivity contribution is 8.16. The van der Waals surface area contributed by atoms with Crippen LogP contribution in [0.1, 0.15) is 64.2 Å². The lowest BCUT2D eigenvalue weighted by Crippen LogP contribution is -2.59. The molecule has 1 aliphatic heterocycles. The quantitative estimate of drug-likeness (QED) is 0.830. The molecule has 0 aromatic carbocycles. The van der Waals surface area contributed by atoms with Crippen LogP contribution in [0.3, 0.4) is 0 Å². The molecule has 6 rings (SSSR count). The van der Waals surface area contributed by atoms with Gasteiger partial charge in [-0.05, 0) is 82.0 Å². The highest BCUT2D eigenvalue weighted by Gasteiger charge is 2.53. The van der Waals surface area contributed by atoms with Crippen molar-refractivity contribution in [3.63, 3.8) is 0 Å². The summed E-state index contributed by atoms with van der Waals surface area (Å²) in [5.41, 5.74) is 0.246. The molecule has 4 bridgehead atoms. The summed E-state index contributed by atoms with van der Waals surface area (Å²) in [7, 11) is 1.78. The highest BCUT2D eigenvalue weighted by atomic mass is 32.2. The minimum Gasteiger partial charge on any atom is -0.381 e. The smallest absolute Gasteiger partial charge is 0.264 e. The molecule has 0 aromatic rings. The van der Waals surface area contributed by atoms with Crippen molar-refractivity contribution in [2.75, 3.05) is 7.11 Å². The van der Waals surface area contributed by atoms with E-state index in [1.54, 1.807) is 18.9 Å². The van der Waals surface area contributed by atoms with E-state index in [2.05, 4.69) is 10.3 Å². The van der Waals surface area contributed by atoms with Crippen molar-refractivity contribution in [2.24, 2.45) is 22.7 Å². The maximum Gasteiger partial charge on any atom is 0.264 e. The molecule has 1 heterocycles. The van der Waals surface area contributed by atoms with E-state index in [0.717, 1.165) is 48.6 Å². The van der Waals surface area contributed by atoms with Crippen LogP contribution in [0.25, 0.3) is 0 Å². The van der Waals surface area contributed by atoms with Crippen LogP contribution in [0, 0.1) is 17.8 Å². The molecule has 0 atom stereocenters. The van der Waals surface area contributed by atoms with Crippen molar-refractivity contribution in [3.8, 4) is 0 Å². The summed E-state index contributed by atoms with van der Waals surface area (Å²) in [6.07, 6.45) is 12.3. The minimum atomic E-state index is -0.292. The van der Waals surface area contributed by atoms with Crippen molar-refractivity contribution in [2.45, 2.75) is 80.6 Å². The third-order valence-corrected chi connectivity index (χ3v) is 8.73. The number of carbonyl (C=O) groups is 1. The Morgan fingerprint density at radius 2 is 1.67 bits per heavy atom. The predicted molar refractivity (Wildman–Crippen MR) is 96.1 cm³/mol. The third kappa shape index (κ3) is 2.45. The third-order valence-electron chi connectivity index (χ3n) is 7.37. The number of methoxy groups -OCH3 is 1. The van der Waals surface area contributed by atoms with E-state index in [-0.39, 0.29) is 16.2 Å². The fourth-order valence-electron chi connectivity index (χ4n) is 6.60. The van der Waals surface area contributed by atoms with Crippen LogP contribution in [-0.4, -0.2) is 34.6 Å². The Labute approximate surface area is 148 Å². The van der Waals surface area contributed by atoms with Gasteiger partial charge >= 0.3 is 0 Å². The van der Waals surface area contributed by atoms with Crippen LogP contribution in [-0.2, 0) is 9.53 Å². The molecular formula is C19H28N2O2S. The summed E-state index contributed by atoms with van der Waals surface area (Å²) in [5, 5.41) is 4.74. The van der Waals surface area contributed by atoms with Crippen LogP contribution in [0.2, 0.25) is 0 Å². The SMILES string of the molecule is COC1CCC2(CC1)SC(NC13CC4CC(CC(C4)C1)C3)=NC2=O. The second-order valence-electron chi connectivity index (χ2n) is 9.08. The number of amides is 1. The molecule has 1 N–H and O–H groups in total. The van der Waals surface area contributed by atoms with Gasteiger partial charge in [0, 0.05) is 12.6 Å². The number of amidine groups is 1. The monoisotopic (exact) mass is 348 g/mol. The number of thioether (sulfide) groups is 1. The minimum absolute atomic E-state index is 0.106. The second-order valence-corrected chi connectivity index (χ2v) is 10.4. The lowest BCUT2D eigenvalue weighted by Gasteiger charge is -2.57. The molecule has 5 heteroatoms. The Morgan fingerprint density at radius 3 is 2.21 bits per heavy atom. The van der Waals surface area contributed by atoms with E-state index in [4.69, 9.17) is 4.74 Å². The molecule has 5 fully saturated rings. The number of nitrogens with zero attached hydrogens (tertiary/aromatic N) is 1. The number of ether oxygens (including phenoxy) is 1. The van der Waals surface area contributed by atoms with Crippen molar-refractivity contribution in [1.29, 1.82) is 0 Å². The van der Waals surface area contributed by atoms with Crippen LogP contribution in [0.4, 0.5) is 0 Å². The molecule has 1 amide bonds. The second kappa shape index (κ2) is 5.47. The van der Waals surface area contributed by atoms with Gasteiger partial charge < -0.3 is 10.1 Å². The van der Waals surface area contributed by atoms with Gasteiger partial charge in [-0.15, -0.1) is 0 Å². The summed E-state index contributed by atoms with van der Waals surface area (Å²) < 4.78 is 5.18. The first-order valence-electron chi connectivity index (χ1n) is 9.71. The van der Waals surface area contributed by atoms with E-state index >= 15 is 0 Å². The van der Waals surface area contributed by atoms with Crippen molar-refractivity contribution in [1.82, 2.24) is 5.32 Å². The Bertz CT molecular complexity index is 545. The van der Waals surface area contributed by atoms with Gasteiger partial charge in [0.1, 0.15) is 4.75 Å². The average molecular weight is 349 g/mol. The topological polar surface area (TPSA) is 50.7 Å². The van der Waals surface area contributed by atoms with Gasteiger partial charge in [-0.3, -0.25) is 4.79 Å². The molecule has 0 radical (unpaired) electrons. The van der Waals surface area contributed by atoms with E-state index in [0.29, 0.717) is 6.10 Å². The molecule has 24 heavy (non-hydrogen) atoms. The highest BCUT2D eigenvalue weighted by Crippen LogP contribution is 2.56. The normalized spacial score (nSPS) is 49.7. The summed E-state index contributed by atoms with van der Waals surface area (Å²) in [6.45, 7) is 0. The molecule has 132 valence electrons. The number of nitrogens with one attached hydrogen (secondary N) is 1. The fourth-order valence-corrected chi connectivity index (χ4v) is 7.94. The van der Waals surface area contributed by atoms with E-state index in [1.807, 2.05) is 0 Å². The Hall–Kier alpha value is -0.550. The molecule has 1 spiro atoms. The molecule has 0 aromatic heterocycles. The summed E-state index contributed by atoms with van der Waals surface area (Å²) in [4.78, 5) is 17.1. The number of aliphatic imine (C=N–C) groups is 1. The molecule has 0 saturated heterocycles. The zero-order valence-electron chi connectivity index (χ0n) is 14.6. The maximum atomic E-state index is 12.7. The summed E-state index contributed by atoms with van der Waals surface area (Å²) in [6, 6.07) is 0. The van der Waals surface area contributed by atoms with Crippen LogP contribution >= 0.6 is 11.8 Å². The van der Waals surface area contributed by atoms with Gasteiger partial charge in [-0.1, -0.05) is 11.8 Å². The maximum absolute atomic E-state index is 12.7. The first kappa shape index (κ1) is 15.7. The molecule has 0 unspecified atom stereocenters. The first-order valence-corrected chi connectivity index (χ1v) is 10.5. The van der Waals surface area contributed by atoms with Crippen molar-refractivity contribution in [3.05, 3.63) is 0 Å². The van der Waals surface area contributed by atoms with Crippen LogP contribution in [0.5, 0.6) is 0 Å². The van der Waals surface area contributed by atoms with Gasteiger partial charge in [0.05, 0.1) is 6.10 Å². The predicted octanol–water partition coefficient (Wildman–Crippen LogP) is 3.50.